The lowest BCUT2D eigenvalue weighted by molar-refractivity contribution is -0.118. The van der Waals surface area contributed by atoms with Gasteiger partial charge < -0.3 is 10.5 Å². The van der Waals surface area contributed by atoms with E-state index in [1.54, 1.807) is 31.2 Å². The molecule has 0 saturated heterocycles. The minimum atomic E-state index is -0.320. The van der Waals surface area contributed by atoms with E-state index in [4.69, 9.17) is 22.7 Å². The molecule has 0 saturated carbocycles. The third kappa shape index (κ3) is 3.72. The van der Waals surface area contributed by atoms with E-state index in [2.05, 4.69) is 14.7 Å². The van der Waals surface area contributed by atoms with Crippen molar-refractivity contribution in [3.63, 3.8) is 0 Å². The van der Waals surface area contributed by atoms with E-state index in [1.807, 2.05) is 0 Å². The van der Waals surface area contributed by atoms with Gasteiger partial charge in [-0.05, 0) is 19.1 Å². The number of carbonyl (C=O) groups excluding carboxylic acids is 1. The van der Waals surface area contributed by atoms with Crippen molar-refractivity contribution in [3.05, 3.63) is 35.7 Å². The summed E-state index contributed by atoms with van der Waals surface area (Å²) in [5.41, 5.74) is 6.18. The number of hydrogen-bond acceptors (Lipinski definition) is 6. The van der Waals surface area contributed by atoms with Crippen LogP contribution in [0.4, 0.5) is 5.13 Å². The highest BCUT2D eigenvalue weighted by molar-refractivity contribution is 7.80. The van der Waals surface area contributed by atoms with Crippen LogP contribution in [-0.4, -0.2) is 26.9 Å². The van der Waals surface area contributed by atoms with E-state index >= 15 is 0 Å². The number of rotatable bonds is 5. The molecule has 0 atom stereocenters. The van der Waals surface area contributed by atoms with Gasteiger partial charge in [-0.15, -0.1) is 0 Å². The number of anilines is 1. The number of aromatic nitrogens is 2. The summed E-state index contributed by atoms with van der Waals surface area (Å²) in [6, 6.07) is 7.02. The van der Waals surface area contributed by atoms with E-state index in [0.717, 1.165) is 11.5 Å². The average molecular weight is 308 g/mol. The molecular weight excluding hydrogens is 296 g/mol. The predicted molar refractivity (Wildman–Crippen MR) is 81.1 cm³/mol. The summed E-state index contributed by atoms with van der Waals surface area (Å²) in [5, 5.41) is 3.04. The topological polar surface area (TPSA) is 90.1 Å². The molecule has 2 rings (SSSR count). The molecule has 0 fully saturated rings. The molecule has 0 bridgehead atoms. The molecular formula is C12H12N4O2S2. The number of nitrogens with one attached hydrogen (secondary N) is 1. The van der Waals surface area contributed by atoms with E-state index in [-0.39, 0.29) is 17.5 Å². The van der Waals surface area contributed by atoms with Crippen LogP contribution >= 0.6 is 23.8 Å². The molecule has 1 aromatic carbocycles. The largest absolute Gasteiger partial charge is 0.483 e. The minimum Gasteiger partial charge on any atom is -0.483 e. The standard InChI is InChI=1S/C12H12N4O2S2/c1-7-14-12(20-16-7)15-10(17)6-18-9-5-3-2-4-8(9)11(13)19/h2-5H,6H2,1H3,(H2,13,19)(H,14,15,16,17). The van der Waals surface area contributed by atoms with E-state index in [0.29, 0.717) is 22.3 Å². The molecule has 104 valence electrons. The molecule has 0 aliphatic carbocycles. The third-order valence-electron chi connectivity index (χ3n) is 2.29. The zero-order valence-corrected chi connectivity index (χ0v) is 12.3. The first-order valence-electron chi connectivity index (χ1n) is 5.68. The Morgan fingerprint density at radius 1 is 1.50 bits per heavy atom. The Bertz CT molecular complexity index is 642. The fraction of sp³-hybridized carbons (Fsp3) is 0.167. The van der Waals surface area contributed by atoms with Crippen molar-refractivity contribution in [3.8, 4) is 5.75 Å². The molecule has 1 heterocycles. The van der Waals surface area contributed by atoms with Crippen molar-refractivity contribution < 1.29 is 9.53 Å². The Kier molecular flexibility index (Phi) is 4.59. The van der Waals surface area contributed by atoms with Crippen LogP contribution in [0.25, 0.3) is 0 Å². The zero-order valence-electron chi connectivity index (χ0n) is 10.6. The average Bonchev–Trinajstić information content (AvgIpc) is 2.82. The second-order valence-electron chi connectivity index (χ2n) is 3.84. The summed E-state index contributed by atoms with van der Waals surface area (Å²) >= 11 is 6.04. The molecule has 0 radical (unpaired) electrons. The van der Waals surface area contributed by atoms with Crippen molar-refractivity contribution >= 4 is 39.8 Å². The number of hydrogen-bond donors (Lipinski definition) is 2. The number of ether oxygens (including phenoxy) is 1. The normalized spacial score (nSPS) is 10.1. The fourth-order valence-electron chi connectivity index (χ4n) is 1.44. The molecule has 0 aliphatic rings. The summed E-state index contributed by atoms with van der Waals surface area (Å²) in [6.45, 7) is 1.60. The molecule has 6 nitrogen and oxygen atoms in total. The van der Waals surface area contributed by atoms with Crippen molar-refractivity contribution in [2.24, 2.45) is 5.73 Å². The van der Waals surface area contributed by atoms with Crippen LogP contribution < -0.4 is 15.8 Å². The summed E-state index contributed by atoms with van der Waals surface area (Å²) < 4.78 is 9.38. The van der Waals surface area contributed by atoms with Crippen LogP contribution in [0.15, 0.2) is 24.3 Å². The molecule has 1 amide bonds. The second-order valence-corrected chi connectivity index (χ2v) is 5.04. The van der Waals surface area contributed by atoms with E-state index in [9.17, 15) is 4.79 Å². The number of carbonyl (C=O) groups is 1. The summed E-state index contributed by atoms with van der Waals surface area (Å²) in [4.78, 5) is 16.0. The van der Waals surface area contributed by atoms with Gasteiger partial charge in [0.05, 0.1) is 5.56 Å². The number of thiocarbonyl (C=S) groups is 1. The molecule has 0 spiro atoms. The first kappa shape index (κ1) is 14.4. The summed E-state index contributed by atoms with van der Waals surface area (Å²) in [5.74, 6) is 0.771. The highest BCUT2D eigenvalue weighted by atomic mass is 32.1. The molecule has 1 aromatic heterocycles. The number of amides is 1. The van der Waals surface area contributed by atoms with Crippen molar-refractivity contribution in [1.82, 2.24) is 9.36 Å². The van der Waals surface area contributed by atoms with Crippen LogP contribution in [0.1, 0.15) is 11.4 Å². The molecule has 0 aliphatic heterocycles. The summed E-state index contributed by atoms with van der Waals surface area (Å²) in [6.07, 6.45) is 0. The third-order valence-corrected chi connectivity index (χ3v) is 3.23. The Balaban J connectivity index is 1.95. The van der Waals surface area contributed by atoms with Gasteiger partial charge in [0.1, 0.15) is 16.6 Å². The number of nitrogens with two attached hydrogens (primary N) is 1. The van der Waals surface area contributed by atoms with Gasteiger partial charge in [-0.3, -0.25) is 10.1 Å². The zero-order chi connectivity index (χ0) is 14.5. The number of nitrogens with zero attached hydrogens (tertiary/aromatic N) is 2. The molecule has 0 unspecified atom stereocenters. The number of benzene rings is 1. The van der Waals surface area contributed by atoms with Gasteiger partial charge in [-0.25, -0.2) is 4.98 Å². The lowest BCUT2D eigenvalue weighted by Crippen LogP contribution is -2.21. The molecule has 2 aromatic rings. The van der Waals surface area contributed by atoms with Gasteiger partial charge in [0.2, 0.25) is 5.13 Å². The van der Waals surface area contributed by atoms with Crippen molar-refractivity contribution in [2.75, 3.05) is 11.9 Å². The lowest BCUT2D eigenvalue weighted by Gasteiger charge is -2.09. The van der Waals surface area contributed by atoms with Gasteiger partial charge >= 0.3 is 0 Å². The van der Waals surface area contributed by atoms with Crippen molar-refractivity contribution in [2.45, 2.75) is 6.92 Å². The maximum atomic E-state index is 11.7. The van der Waals surface area contributed by atoms with Crippen LogP contribution in [0.2, 0.25) is 0 Å². The summed E-state index contributed by atoms with van der Waals surface area (Å²) in [7, 11) is 0. The van der Waals surface area contributed by atoms with Gasteiger partial charge in [0.15, 0.2) is 6.61 Å². The molecule has 20 heavy (non-hydrogen) atoms. The van der Waals surface area contributed by atoms with Crippen LogP contribution in [0.5, 0.6) is 5.75 Å². The Labute approximate surface area is 125 Å². The second kappa shape index (κ2) is 6.40. The van der Waals surface area contributed by atoms with Crippen LogP contribution in [0.3, 0.4) is 0 Å². The Morgan fingerprint density at radius 3 is 2.90 bits per heavy atom. The SMILES string of the molecule is Cc1nsc(NC(=O)COc2ccccc2C(N)=S)n1. The van der Waals surface area contributed by atoms with Crippen molar-refractivity contribution in [1.29, 1.82) is 0 Å². The maximum Gasteiger partial charge on any atom is 0.264 e. The van der Waals surface area contributed by atoms with E-state index < -0.39 is 0 Å². The number of para-hydroxylation sites is 1. The first-order valence-corrected chi connectivity index (χ1v) is 6.86. The Hall–Kier alpha value is -2.06. The fourth-order valence-corrected chi connectivity index (χ4v) is 2.20. The predicted octanol–water partition coefficient (Wildman–Crippen LogP) is 1.50. The highest BCUT2D eigenvalue weighted by Gasteiger charge is 2.10. The minimum absolute atomic E-state index is 0.155. The molecule has 3 N–H and O–H groups in total. The van der Waals surface area contributed by atoms with Crippen LogP contribution in [-0.2, 0) is 4.79 Å². The smallest absolute Gasteiger partial charge is 0.264 e. The van der Waals surface area contributed by atoms with Gasteiger partial charge in [-0.2, -0.15) is 4.37 Å². The van der Waals surface area contributed by atoms with Gasteiger partial charge in [0, 0.05) is 11.5 Å². The molecule has 8 heteroatoms. The quantitative estimate of drug-likeness (QED) is 0.814. The highest BCUT2D eigenvalue weighted by Crippen LogP contribution is 2.17. The monoisotopic (exact) mass is 308 g/mol. The lowest BCUT2D eigenvalue weighted by atomic mass is 10.2. The van der Waals surface area contributed by atoms with Crippen LogP contribution in [0, 0.1) is 6.92 Å². The maximum absolute atomic E-state index is 11.7. The van der Waals surface area contributed by atoms with Gasteiger partial charge in [-0.1, -0.05) is 24.4 Å². The number of aryl methyl sites for hydroxylation is 1. The van der Waals surface area contributed by atoms with E-state index in [1.165, 1.54) is 0 Å². The Morgan fingerprint density at radius 2 is 2.25 bits per heavy atom. The first-order chi connectivity index (χ1) is 9.56. The van der Waals surface area contributed by atoms with Gasteiger partial charge in [0.25, 0.3) is 5.91 Å².